The van der Waals surface area contributed by atoms with E-state index in [9.17, 15) is 4.79 Å². The van der Waals surface area contributed by atoms with Crippen molar-refractivity contribution in [1.82, 2.24) is 9.97 Å². The van der Waals surface area contributed by atoms with E-state index in [2.05, 4.69) is 20.6 Å². The summed E-state index contributed by atoms with van der Waals surface area (Å²) in [5, 5.41) is 16.5. The van der Waals surface area contributed by atoms with Crippen molar-refractivity contribution in [2.75, 3.05) is 10.6 Å². The van der Waals surface area contributed by atoms with Gasteiger partial charge in [0.05, 0.1) is 5.52 Å². The van der Waals surface area contributed by atoms with Gasteiger partial charge in [0.25, 0.3) is 0 Å². The van der Waals surface area contributed by atoms with E-state index < -0.39 is 12.0 Å². The number of para-hydroxylation sites is 1. The Labute approximate surface area is 143 Å². The van der Waals surface area contributed by atoms with Crippen molar-refractivity contribution < 1.29 is 9.90 Å². The van der Waals surface area contributed by atoms with Gasteiger partial charge in [-0.05, 0) is 43.3 Å². The van der Waals surface area contributed by atoms with Gasteiger partial charge in [-0.3, -0.25) is 4.79 Å². The highest BCUT2D eigenvalue weighted by Gasteiger charge is 2.14. The average Bonchev–Trinajstić information content (AvgIpc) is 2.57. The average molecular weight is 343 g/mol. The number of hydrogen-bond donors (Lipinski definition) is 3. The highest BCUT2D eigenvalue weighted by atomic mass is 35.5. The number of halogens is 1. The number of nitrogens with zero attached hydrogens (tertiary/aromatic N) is 2. The fourth-order valence-corrected chi connectivity index (χ4v) is 2.30. The van der Waals surface area contributed by atoms with Gasteiger partial charge < -0.3 is 15.7 Å². The van der Waals surface area contributed by atoms with Crippen molar-refractivity contribution >= 4 is 45.9 Å². The van der Waals surface area contributed by atoms with E-state index in [0.717, 1.165) is 11.1 Å². The van der Waals surface area contributed by atoms with Crippen LogP contribution in [0.1, 0.15) is 6.92 Å². The SMILES string of the molecule is CC(Nc1nc(Nc2ccc(Cl)cc2)nc2ccccc12)C(=O)O. The number of rotatable bonds is 5. The molecule has 0 spiro atoms. The third kappa shape index (κ3) is 3.55. The number of carbonyl (C=O) groups is 1. The lowest BCUT2D eigenvalue weighted by atomic mass is 10.2. The van der Waals surface area contributed by atoms with Gasteiger partial charge in [0, 0.05) is 16.1 Å². The van der Waals surface area contributed by atoms with Crippen LogP contribution < -0.4 is 10.6 Å². The molecule has 1 heterocycles. The lowest BCUT2D eigenvalue weighted by molar-refractivity contribution is -0.137. The summed E-state index contributed by atoms with van der Waals surface area (Å²) in [7, 11) is 0. The number of aliphatic carboxylic acids is 1. The van der Waals surface area contributed by atoms with Crippen molar-refractivity contribution in [2.24, 2.45) is 0 Å². The molecule has 2 aromatic carbocycles. The van der Waals surface area contributed by atoms with E-state index in [-0.39, 0.29) is 0 Å². The molecule has 0 saturated carbocycles. The van der Waals surface area contributed by atoms with Crippen LogP contribution in [-0.4, -0.2) is 27.1 Å². The van der Waals surface area contributed by atoms with E-state index >= 15 is 0 Å². The van der Waals surface area contributed by atoms with Gasteiger partial charge in [0.1, 0.15) is 11.9 Å². The molecule has 3 N–H and O–H groups in total. The van der Waals surface area contributed by atoms with E-state index in [1.54, 1.807) is 19.1 Å². The van der Waals surface area contributed by atoms with E-state index in [0.29, 0.717) is 22.3 Å². The first-order valence-electron chi connectivity index (χ1n) is 7.31. The molecule has 0 aliphatic carbocycles. The van der Waals surface area contributed by atoms with Gasteiger partial charge in [-0.1, -0.05) is 23.7 Å². The number of benzene rings is 2. The second kappa shape index (κ2) is 6.72. The molecule has 0 saturated heterocycles. The number of aromatic nitrogens is 2. The first-order valence-corrected chi connectivity index (χ1v) is 7.69. The Morgan fingerprint density at radius 3 is 2.54 bits per heavy atom. The van der Waals surface area contributed by atoms with Crippen LogP contribution in [0.15, 0.2) is 48.5 Å². The molecular formula is C17H15ClN4O2. The maximum absolute atomic E-state index is 11.1. The summed E-state index contributed by atoms with van der Waals surface area (Å²) in [6.45, 7) is 1.56. The molecule has 24 heavy (non-hydrogen) atoms. The first-order chi connectivity index (χ1) is 11.5. The van der Waals surface area contributed by atoms with Gasteiger partial charge in [0.15, 0.2) is 0 Å². The second-order valence-electron chi connectivity index (χ2n) is 5.25. The Hall–Kier alpha value is -2.86. The van der Waals surface area contributed by atoms with Crippen LogP contribution in [0.4, 0.5) is 17.5 Å². The quantitative estimate of drug-likeness (QED) is 0.651. The molecule has 0 amide bonds. The minimum absolute atomic E-state index is 0.371. The molecule has 122 valence electrons. The molecule has 7 heteroatoms. The topological polar surface area (TPSA) is 87.1 Å². The number of hydrogen-bond acceptors (Lipinski definition) is 5. The molecule has 1 unspecified atom stereocenters. The summed E-state index contributed by atoms with van der Waals surface area (Å²) in [4.78, 5) is 20.0. The third-order valence-corrected chi connectivity index (χ3v) is 3.68. The van der Waals surface area contributed by atoms with Gasteiger partial charge in [-0.15, -0.1) is 0 Å². The van der Waals surface area contributed by atoms with Crippen molar-refractivity contribution in [3.8, 4) is 0 Å². The normalized spacial score (nSPS) is 11.9. The molecule has 1 atom stereocenters. The number of fused-ring (bicyclic) bond motifs is 1. The standard InChI is InChI=1S/C17H15ClN4O2/c1-10(16(23)24)19-15-13-4-2-3-5-14(13)21-17(22-15)20-12-8-6-11(18)7-9-12/h2-10H,1H3,(H,23,24)(H2,19,20,21,22). The van der Waals surface area contributed by atoms with Crippen LogP contribution in [0.25, 0.3) is 10.9 Å². The Morgan fingerprint density at radius 1 is 1.12 bits per heavy atom. The number of nitrogens with one attached hydrogen (secondary N) is 2. The van der Waals surface area contributed by atoms with Gasteiger partial charge in [-0.2, -0.15) is 4.98 Å². The number of carboxylic acid groups (broad SMARTS) is 1. The van der Waals surface area contributed by atoms with Crippen LogP contribution in [0, 0.1) is 0 Å². The summed E-state index contributed by atoms with van der Waals surface area (Å²) in [5.41, 5.74) is 1.50. The minimum Gasteiger partial charge on any atom is -0.480 e. The van der Waals surface area contributed by atoms with Crippen LogP contribution >= 0.6 is 11.6 Å². The van der Waals surface area contributed by atoms with Gasteiger partial charge in [-0.25, -0.2) is 4.98 Å². The Balaban J connectivity index is 1.99. The fraction of sp³-hybridized carbons (Fsp3) is 0.118. The van der Waals surface area contributed by atoms with E-state index in [4.69, 9.17) is 16.7 Å². The van der Waals surface area contributed by atoms with E-state index in [1.165, 1.54) is 0 Å². The highest BCUT2D eigenvalue weighted by molar-refractivity contribution is 6.30. The van der Waals surface area contributed by atoms with E-state index in [1.807, 2.05) is 36.4 Å². The third-order valence-electron chi connectivity index (χ3n) is 3.43. The molecule has 0 aliphatic rings. The zero-order valence-corrected chi connectivity index (χ0v) is 13.6. The largest absolute Gasteiger partial charge is 0.480 e. The number of anilines is 3. The van der Waals surface area contributed by atoms with Crippen molar-refractivity contribution in [2.45, 2.75) is 13.0 Å². The summed E-state index contributed by atoms with van der Waals surface area (Å²) in [6.07, 6.45) is 0. The van der Waals surface area contributed by atoms with Crippen molar-refractivity contribution in [1.29, 1.82) is 0 Å². The Bertz CT molecular complexity index is 883. The molecule has 0 bridgehead atoms. The molecule has 6 nitrogen and oxygen atoms in total. The summed E-state index contributed by atoms with van der Waals surface area (Å²) in [5.74, 6) is -0.118. The maximum atomic E-state index is 11.1. The fourth-order valence-electron chi connectivity index (χ4n) is 2.17. The van der Waals surface area contributed by atoms with Crippen LogP contribution in [0.3, 0.4) is 0 Å². The summed E-state index contributed by atoms with van der Waals surface area (Å²) in [6, 6.07) is 13.8. The molecule has 0 radical (unpaired) electrons. The van der Waals surface area contributed by atoms with Crippen molar-refractivity contribution in [3.05, 3.63) is 53.6 Å². The van der Waals surface area contributed by atoms with Gasteiger partial charge in [0.2, 0.25) is 5.95 Å². The highest BCUT2D eigenvalue weighted by Crippen LogP contribution is 2.24. The zero-order chi connectivity index (χ0) is 17.1. The van der Waals surface area contributed by atoms with Gasteiger partial charge >= 0.3 is 5.97 Å². The first kappa shape index (κ1) is 16.0. The molecule has 0 fully saturated rings. The molecule has 3 rings (SSSR count). The molecular weight excluding hydrogens is 328 g/mol. The molecule has 3 aromatic rings. The smallest absolute Gasteiger partial charge is 0.325 e. The number of carboxylic acids is 1. The lowest BCUT2D eigenvalue weighted by Gasteiger charge is -2.14. The summed E-state index contributed by atoms with van der Waals surface area (Å²) >= 11 is 5.88. The maximum Gasteiger partial charge on any atom is 0.325 e. The monoisotopic (exact) mass is 342 g/mol. The Kier molecular flexibility index (Phi) is 4.48. The second-order valence-corrected chi connectivity index (χ2v) is 5.69. The van der Waals surface area contributed by atoms with Crippen molar-refractivity contribution in [3.63, 3.8) is 0 Å². The molecule has 1 aromatic heterocycles. The minimum atomic E-state index is -0.954. The van der Waals surface area contributed by atoms with Crippen LogP contribution in [0.2, 0.25) is 5.02 Å². The lowest BCUT2D eigenvalue weighted by Crippen LogP contribution is -2.26. The zero-order valence-electron chi connectivity index (χ0n) is 12.8. The molecule has 0 aliphatic heterocycles. The van der Waals surface area contributed by atoms with Crippen LogP contribution in [0.5, 0.6) is 0 Å². The predicted molar refractivity (Wildman–Crippen MR) is 95.0 cm³/mol. The predicted octanol–water partition coefficient (Wildman–Crippen LogP) is 3.91. The summed E-state index contributed by atoms with van der Waals surface area (Å²) < 4.78 is 0. The Morgan fingerprint density at radius 2 is 1.83 bits per heavy atom. The van der Waals surface area contributed by atoms with Crippen LogP contribution in [-0.2, 0) is 4.79 Å².